The summed E-state index contributed by atoms with van der Waals surface area (Å²) in [5.41, 5.74) is -1.50. The summed E-state index contributed by atoms with van der Waals surface area (Å²) in [6.45, 7) is 8.63. The van der Waals surface area contributed by atoms with Crippen molar-refractivity contribution in [2.24, 2.45) is 0 Å². The van der Waals surface area contributed by atoms with E-state index in [9.17, 15) is 22.4 Å². The van der Waals surface area contributed by atoms with E-state index in [1.54, 1.807) is 18.0 Å². The number of ether oxygens (including phenoxy) is 1. The van der Waals surface area contributed by atoms with Crippen molar-refractivity contribution >= 4 is 16.7 Å². The molecule has 0 atom stereocenters. The van der Waals surface area contributed by atoms with Gasteiger partial charge in [0.2, 0.25) is 0 Å². The van der Waals surface area contributed by atoms with Crippen LogP contribution in [0.5, 0.6) is 0 Å². The van der Waals surface area contributed by atoms with Gasteiger partial charge in [0.05, 0.1) is 0 Å². The average Bonchev–Trinajstić information content (AvgIpc) is 2.82. The van der Waals surface area contributed by atoms with E-state index >= 15 is 0 Å². The second-order valence-corrected chi connectivity index (χ2v) is 9.38. The third-order valence-electron chi connectivity index (χ3n) is 5.02. The van der Waals surface area contributed by atoms with E-state index in [-0.39, 0.29) is 28.1 Å². The fraction of sp³-hybridized carbons (Fsp3) is 0.409. The van der Waals surface area contributed by atoms with Gasteiger partial charge in [-0.3, -0.25) is 0 Å². The Labute approximate surface area is 204 Å². The first kappa shape index (κ1) is 26.1. The second-order valence-electron chi connectivity index (χ2n) is 7.14. The molecule has 0 aliphatic carbocycles. The van der Waals surface area contributed by atoms with E-state index in [4.69, 9.17) is 4.74 Å². The number of aryl methyl sites for hydroxylation is 1. The number of benzene rings is 1. The predicted molar refractivity (Wildman–Crippen MR) is 117 cm³/mol. The van der Waals surface area contributed by atoms with Crippen LogP contribution < -0.4 is 35.6 Å². The number of rotatable bonds is 4. The van der Waals surface area contributed by atoms with Gasteiger partial charge in [0.25, 0.3) is 0 Å². The topological polar surface area (TPSA) is 72.3 Å². The van der Waals surface area contributed by atoms with Crippen molar-refractivity contribution in [1.82, 2.24) is 14.6 Å². The fourth-order valence-corrected chi connectivity index (χ4v) is 5.46. The molecule has 0 bridgehead atoms. The van der Waals surface area contributed by atoms with Crippen LogP contribution in [0.4, 0.5) is 23.4 Å². The summed E-state index contributed by atoms with van der Waals surface area (Å²) in [5, 5.41) is 1.95. The molecule has 0 amide bonds. The number of halogens is 5. The third-order valence-corrected chi connectivity index (χ3v) is 7.55. The molecule has 0 unspecified atom stereocenters. The third kappa shape index (κ3) is 5.43. The molecule has 1 aliphatic rings. The van der Waals surface area contributed by atoms with Crippen LogP contribution in [0, 0.1) is 23.2 Å². The Balaban J connectivity index is 0.00000158. The summed E-state index contributed by atoms with van der Waals surface area (Å²) in [6, 6.07) is 4.04. The van der Waals surface area contributed by atoms with Gasteiger partial charge < -0.3 is 0 Å². The molecule has 4 rings (SSSR count). The van der Waals surface area contributed by atoms with Gasteiger partial charge >= 0.3 is 191 Å². The minimum absolute atomic E-state index is 0.126. The molecule has 1 aliphatic heterocycles. The molecule has 0 saturated carbocycles. The Bertz CT molecular complexity index is 1230. The molecule has 1 N–H and O–H groups in total. The van der Waals surface area contributed by atoms with Crippen molar-refractivity contribution in [3.63, 3.8) is 0 Å². The average molecular weight is 594 g/mol. The number of aromatic nitrogens is 3. The summed E-state index contributed by atoms with van der Waals surface area (Å²) >= 11 is -1.15. The molecule has 1 aromatic carbocycles. The molecule has 12 heteroatoms. The van der Waals surface area contributed by atoms with Crippen molar-refractivity contribution in [2.75, 3.05) is 34.8 Å². The van der Waals surface area contributed by atoms with Crippen LogP contribution in [0.2, 0.25) is 0 Å². The Hall–Kier alpha value is -2.48. The van der Waals surface area contributed by atoms with Gasteiger partial charge in [0, 0.05) is 0 Å². The monoisotopic (exact) mass is 594 g/mol. The molecule has 1 saturated heterocycles. The Kier molecular flexibility index (Phi) is 8.34. The SMILES string of the molecule is CC.Cc1nc(N[I-]c2cccc(C(F)(F)F)c2C)c2cn(N3CCOCC3)c(=O)c(F)c2n1. The van der Waals surface area contributed by atoms with Gasteiger partial charge in [0.1, 0.15) is 0 Å². The number of morpholine rings is 1. The van der Waals surface area contributed by atoms with Gasteiger partial charge in [-0.1, -0.05) is 13.8 Å². The Morgan fingerprint density at radius 1 is 1.12 bits per heavy atom. The Morgan fingerprint density at radius 3 is 2.44 bits per heavy atom. The maximum atomic E-state index is 15.0. The molecule has 34 heavy (non-hydrogen) atoms. The number of anilines is 1. The van der Waals surface area contributed by atoms with Crippen LogP contribution in [-0.4, -0.2) is 40.9 Å². The summed E-state index contributed by atoms with van der Waals surface area (Å²) < 4.78 is 64.8. The number of nitrogens with one attached hydrogen (secondary N) is 1. The number of alkyl halides is 3. The molecule has 0 radical (unpaired) electrons. The summed E-state index contributed by atoms with van der Waals surface area (Å²) in [5.74, 6) is -0.485. The minimum atomic E-state index is -4.45. The fourth-order valence-electron chi connectivity index (χ4n) is 3.42. The van der Waals surface area contributed by atoms with Crippen LogP contribution in [0.3, 0.4) is 0 Å². The first-order valence-electron chi connectivity index (χ1n) is 10.7. The van der Waals surface area contributed by atoms with Gasteiger partial charge in [-0.15, -0.1) is 0 Å². The van der Waals surface area contributed by atoms with Gasteiger partial charge in [-0.2, -0.15) is 0 Å². The standard InChI is InChI=1S/C20H19F4IN5O2.C2H6/c1-11-14(20(22,23)24)4-3-5-15(11)25-28-18-13-10-30(29-6-8-32-9-7-29)19(31)16(21)17(13)26-12(2)27-18;1-2/h3-5,10H,6-9H2,1-2H3,(H,26,27,28);1-2H3/q-1;. The molecule has 3 heterocycles. The summed E-state index contributed by atoms with van der Waals surface area (Å²) in [6.07, 6.45) is -2.98. The summed E-state index contributed by atoms with van der Waals surface area (Å²) in [4.78, 5) is 21.0. The molecular weight excluding hydrogens is 569 g/mol. The Morgan fingerprint density at radius 2 is 1.79 bits per heavy atom. The molecule has 3 aromatic rings. The van der Waals surface area contributed by atoms with E-state index < -0.39 is 44.6 Å². The van der Waals surface area contributed by atoms with Crippen molar-refractivity contribution < 1.29 is 43.8 Å². The van der Waals surface area contributed by atoms with Crippen molar-refractivity contribution in [2.45, 2.75) is 33.9 Å². The second kappa shape index (κ2) is 10.8. The zero-order chi connectivity index (χ0) is 25.0. The van der Waals surface area contributed by atoms with Crippen molar-refractivity contribution in [3.8, 4) is 0 Å². The normalized spacial score (nSPS) is 14.2. The van der Waals surface area contributed by atoms with E-state index in [0.29, 0.717) is 29.9 Å². The van der Waals surface area contributed by atoms with Crippen molar-refractivity contribution in [1.29, 1.82) is 0 Å². The van der Waals surface area contributed by atoms with Crippen LogP contribution in [-0.2, 0) is 10.9 Å². The quantitative estimate of drug-likeness (QED) is 0.275. The van der Waals surface area contributed by atoms with Gasteiger partial charge in [-0.25, -0.2) is 0 Å². The maximum absolute atomic E-state index is 15.0. The van der Waals surface area contributed by atoms with Crippen molar-refractivity contribution in [3.05, 3.63) is 61.1 Å². The number of hydrogen-bond donors (Lipinski definition) is 1. The molecule has 7 nitrogen and oxygen atoms in total. The molecular formula is C22H25F4IN5O2-. The molecule has 186 valence electrons. The molecule has 2 aromatic heterocycles. The van der Waals surface area contributed by atoms with Gasteiger partial charge in [0.15, 0.2) is 0 Å². The van der Waals surface area contributed by atoms with Gasteiger partial charge in [-0.05, 0) is 0 Å². The van der Waals surface area contributed by atoms with E-state index in [1.165, 1.54) is 23.9 Å². The number of nitrogens with zero attached hydrogens (tertiary/aromatic N) is 4. The van der Waals surface area contributed by atoms with Crippen LogP contribution in [0.15, 0.2) is 29.2 Å². The zero-order valence-corrected chi connectivity index (χ0v) is 21.3. The first-order chi connectivity index (χ1) is 16.2. The molecule has 0 spiro atoms. The number of hydrogen-bond acceptors (Lipinski definition) is 6. The zero-order valence-electron chi connectivity index (χ0n) is 19.1. The van der Waals surface area contributed by atoms with E-state index in [2.05, 4.69) is 13.5 Å². The van der Waals surface area contributed by atoms with E-state index in [1.807, 2.05) is 13.8 Å². The number of fused-ring (bicyclic) bond motifs is 1. The van der Waals surface area contributed by atoms with Crippen LogP contribution >= 0.6 is 0 Å². The summed E-state index contributed by atoms with van der Waals surface area (Å²) in [7, 11) is 0. The van der Waals surface area contributed by atoms with Crippen LogP contribution in [0.25, 0.3) is 10.9 Å². The number of pyridine rings is 1. The molecule has 1 fully saturated rings. The predicted octanol–water partition coefficient (Wildman–Crippen LogP) is 0.846. The van der Waals surface area contributed by atoms with Crippen LogP contribution in [0.1, 0.15) is 30.8 Å². The van der Waals surface area contributed by atoms with E-state index in [0.717, 1.165) is 6.07 Å². The first-order valence-corrected chi connectivity index (χ1v) is 12.8.